The molecule has 0 fully saturated rings. The summed E-state index contributed by atoms with van der Waals surface area (Å²) in [5.41, 5.74) is 1.43. The fourth-order valence-corrected chi connectivity index (χ4v) is 3.00. The molecule has 0 spiro atoms. The first kappa shape index (κ1) is 11.0. The first-order valence-corrected chi connectivity index (χ1v) is 6.74. The maximum atomic E-state index is 3.56. The predicted molar refractivity (Wildman–Crippen MR) is 69.0 cm³/mol. The van der Waals surface area contributed by atoms with E-state index in [0.29, 0.717) is 0 Å². The minimum Gasteiger partial charge on any atom is -0.0928 e. The van der Waals surface area contributed by atoms with Gasteiger partial charge in [0, 0.05) is 13.4 Å². The highest BCUT2D eigenvalue weighted by atomic mass is 127. The lowest BCUT2D eigenvalue weighted by atomic mass is 10.1. The van der Waals surface area contributed by atoms with Gasteiger partial charge in [-0.25, -0.2) is 0 Å². The smallest absolute Gasteiger partial charge is 0.0217 e. The molecule has 1 rings (SSSR count). The standard InChI is InChI=1S/C9H9Br2I/c10-6-2-3-7-8(11)4-1-5-9(7)12/h1,4-5H,2-3,6H2. The topological polar surface area (TPSA) is 0 Å². The molecular formula is C9H9Br2I. The molecule has 3 heteroatoms. The maximum Gasteiger partial charge on any atom is 0.0217 e. The third-order valence-electron chi connectivity index (χ3n) is 1.62. The Balaban J connectivity index is 2.81. The van der Waals surface area contributed by atoms with E-state index >= 15 is 0 Å². The Labute approximate surface area is 104 Å². The zero-order valence-corrected chi connectivity index (χ0v) is 11.8. The van der Waals surface area contributed by atoms with E-state index in [0.717, 1.165) is 11.8 Å². The second-order valence-corrected chi connectivity index (χ2v) is 5.30. The van der Waals surface area contributed by atoms with Gasteiger partial charge in [-0.05, 0) is 53.1 Å². The molecule has 0 heterocycles. The first-order valence-electron chi connectivity index (χ1n) is 3.74. The van der Waals surface area contributed by atoms with Crippen molar-refractivity contribution < 1.29 is 0 Å². The zero-order chi connectivity index (χ0) is 8.97. The lowest BCUT2D eigenvalue weighted by Crippen LogP contribution is -1.91. The number of rotatable bonds is 3. The molecule has 0 radical (unpaired) electrons. The largest absolute Gasteiger partial charge is 0.0928 e. The van der Waals surface area contributed by atoms with Crippen LogP contribution in [0.4, 0.5) is 0 Å². The van der Waals surface area contributed by atoms with Crippen molar-refractivity contribution in [1.29, 1.82) is 0 Å². The Morgan fingerprint density at radius 3 is 2.67 bits per heavy atom. The van der Waals surface area contributed by atoms with Crippen molar-refractivity contribution in [1.82, 2.24) is 0 Å². The van der Waals surface area contributed by atoms with Gasteiger partial charge in [0.15, 0.2) is 0 Å². The van der Waals surface area contributed by atoms with Crippen LogP contribution in [0.1, 0.15) is 12.0 Å². The summed E-state index contributed by atoms with van der Waals surface area (Å²) in [5, 5.41) is 1.07. The quantitative estimate of drug-likeness (QED) is 0.519. The fourth-order valence-electron chi connectivity index (χ4n) is 1.01. The Hall–Kier alpha value is 0.910. The molecule has 1 aromatic rings. The van der Waals surface area contributed by atoms with Gasteiger partial charge in [-0.1, -0.05) is 37.9 Å². The van der Waals surface area contributed by atoms with E-state index in [2.05, 4.69) is 72.6 Å². The van der Waals surface area contributed by atoms with E-state index in [-0.39, 0.29) is 0 Å². The Morgan fingerprint density at radius 1 is 1.33 bits per heavy atom. The van der Waals surface area contributed by atoms with Crippen LogP contribution >= 0.6 is 54.5 Å². The highest BCUT2D eigenvalue weighted by molar-refractivity contribution is 14.1. The molecule has 0 saturated carbocycles. The second-order valence-electron chi connectivity index (χ2n) is 2.49. The number of alkyl halides is 1. The zero-order valence-electron chi connectivity index (χ0n) is 6.49. The van der Waals surface area contributed by atoms with Gasteiger partial charge in [-0.2, -0.15) is 0 Å². The van der Waals surface area contributed by atoms with Crippen molar-refractivity contribution in [3.8, 4) is 0 Å². The number of benzene rings is 1. The van der Waals surface area contributed by atoms with E-state index in [1.807, 2.05) is 0 Å². The van der Waals surface area contributed by atoms with Crippen molar-refractivity contribution in [3.05, 3.63) is 31.8 Å². The van der Waals surface area contributed by atoms with Crippen molar-refractivity contribution in [2.24, 2.45) is 0 Å². The van der Waals surface area contributed by atoms with Gasteiger partial charge < -0.3 is 0 Å². The van der Waals surface area contributed by atoms with E-state index in [1.54, 1.807) is 0 Å². The van der Waals surface area contributed by atoms with Crippen molar-refractivity contribution in [2.75, 3.05) is 5.33 Å². The molecule has 0 aromatic heterocycles. The van der Waals surface area contributed by atoms with Crippen molar-refractivity contribution in [2.45, 2.75) is 12.8 Å². The average molecular weight is 404 g/mol. The highest BCUT2D eigenvalue weighted by Gasteiger charge is 2.02. The van der Waals surface area contributed by atoms with E-state index in [1.165, 1.54) is 20.0 Å². The molecule has 0 saturated heterocycles. The molecule has 66 valence electrons. The molecule has 1 aromatic carbocycles. The van der Waals surface area contributed by atoms with Crippen LogP contribution in [-0.4, -0.2) is 5.33 Å². The number of halogens is 3. The summed E-state index contributed by atoms with van der Waals surface area (Å²) in [6.07, 6.45) is 2.34. The van der Waals surface area contributed by atoms with Crippen LogP contribution in [0, 0.1) is 3.57 Å². The molecule has 0 aliphatic carbocycles. The van der Waals surface area contributed by atoms with Crippen LogP contribution in [0.3, 0.4) is 0 Å². The van der Waals surface area contributed by atoms with E-state index in [4.69, 9.17) is 0 Å². The molecule has 0 aliphatic heterocycles. The summed E-state index contributed by atoms with van der Waals surface area (Å²) < 4.78 is 2.58. The molecule has 0 amide bonds. The van der Waals surface area contributed by atoms with Gasteiger partial charge in [0.05, 0.1) is 0 Å². The Bertz CT molecular complexity index is 240. The van der Waals surface area contributed by atoms with Crippen LogP contribution < -0.4 is 0 Å². The monoisotopic (exact) mass is 402 g/mol. The molecule has 0 N–H and O–H groups in total. The SMILES string of the molecule is BrCCCc1c(Br)cccc1I. The van der Waals surface area contributed by atoms with E-state index < -0.39 is 0 Å². The highest BCUT2D eigenvalue weighted by Crippen LogP contribution is 2.23. The molecule has 12 heavy (non-hydrogen) atoms. The summed E-state index contributed by atoms with van der Waals surface area (Å²) >= 11 is 9.38. The number of hydrogen-bond acceptors (Lipinski definition) is 0. The third-order valence-corrected chi connectivity index (χ3v) is 3.94. The van der Waals surface area contributed by atoms with Crippen molar-refractivity contribution in [3.63, 3.8) is 0 Å². The van der Waals surface area contributed by atoms with Crippen LogP contribution in [0.2, 0.25) is 0 Å². The third kappa shape index (κ3) is 3.00. The van der Waals surface area contributed by atoms with Crippen molar-refractivity contribution >= 4 is 54.5 Å². The molecule has 0 atom stereocenters. The van der Waals surface area contributed by atoms with Gasteiger partial charge in [0.2, 0.25) is 0 Å². The van der Waals surface area contributed by atoms with Gasteiger partial charge in [0.25, 0.3) is 0 Å². The molecule has 0 bridgehead atoms. The molecule has 0 nitrogen and oxygen atoms in total. The normalized spacial score (nSPS) is 10.2. The van der Waals surface area contributed by atoms with Crippen LogP contribution in [-0.2, 0) is 6.42 Å². The molecular weight excluding hydrogens is 395 g/mol. The summed E-state index contributed by atoms with van der Waals surface area (Å²) in [4.78, 5) is 0. The summed E-state index contributed by atoms with van der Waals surface area (Å²) in [5.74, 6) is 0. The van der Waals surface area contributed by atoms with Gasteiger partial charge in [-0.3, -0.25) is 0 Å². The average Bonchev–Trinajstić information content (AvgIpc) is 2.04. The number of hydrogen-bond donors (Lipinski definition) is 0. The Kier molecular flexibility index (Phi) is 5.13. The Morgan fingerprint density at radius 2 is 2.08 bits per heavy atom. The lowest BCUT2D eigenvalue weighted by molar-refractivity contribution is 0.928. The lowest BCUT2D eigenvalue weighted by Gasteiger charge is -2.05. The summed E-state index contributed by atoms with van der Waals surface area (Å²) in [6.45, 7) is 0. The van der Waals surface area contributed by atoms with Gasteiger partial charge in [-0.15, -0.1) is 0 Å². The maximum absolute atomic E-state index is 3.56. The fraction of sp³-hybridized carbons (Fsp3) is 0.333. The van der Waals surface area contributed by atoms with Crippen LogP contribution in [0.5, 0.6) is 0 Å². The summed E-state index contributed by atoms with van der Waals surface area (Å²) in [6, 6.07) is 6.32. The molecule has 0 unspecified atom stereocenters. The summed E-state index contributed by atoms with van der Waals surface area (Å²) in [7, 11) is 0. The van der Waals surface area contributed by atoms with Crippen LogP contribution in [0.25, 0.3) is 0 Å². The molecule has 0 aliphatic rings. The predicted octanol–water partition coefficient (Wildman–Crippen LogP) is 4.38. The van der Waals surface area contributed by atoms with Gasteiger partial charge >= 0.3 is 0 Å². The minimum absolute atomic E-state index is 1.07. The van der Waals surface area contributed by atoms with Crippen LogP contribution in [0.15, 0.2) is 22.7 Å². The van der Waals surface area contributed by atoms with E-state index in [9.17, 15) is 0 Å². The minimum atomic E-state index is 1.07. The second kappa shape index (κ2) is 5.60. The van der Waals surface area contributed by atoms with Gasteiger partial charge in [0.1, 0.15) is 0 Å². The first-order chi connectivity index (χ1) is 5.75.